The monoisotopic (exact) mass is 481 g/mol. The maximum atomic E-state index is 12.6. The normalized spacial score (nSPS) is 17.4. The fourth-order valence-electron chi connectivity index (χ4n) is 5.42. The number of aliphatic hydroxyl groups is 1. The van der Waals surface area contributed by atoms with E-state index >= 15 is 0 Å². The first-order valence-corrected chi connectivity index (χ1v) is 13.2. The largest absolute Gasteiger partial charge is 0.513 e. The van der Waals surface area contributed by atoms with Gasteiger partial charge in [-0.15, -0.1) is 0 Å². The number of likely N-dealkylation sites (tertiary alicyclic amines) is 1. The molecule has 1 aliphatic heterocycles. The highest BCUT2D eigenvalue weighted by molar-refractivity contribution is 5.79. The lowest BCUT2D eigenvalue weighted by Gasteiger charge is -2.40. The molecule has 36 heavy (non-hydrogen) atoms. The second kappa shape index (κ2) is 10.7. The van der Waals surface area contributed by atoms with Crippen molar-refractivity contribution in [1.82, 2.24) is 14.9 Å². The van der Waals surface area contributed by atoms with Crippen LogP contribution in [0.15, 0.2) is 73.3 Å². The smallest absolute Gasteiger partial charge is 0.225 e. The molecule has 186 valence electrons. The van der Waals surface area contributed by atoms with Gasteiger partial charge < -0.3 is 10.0 Å². The van der Waals surface area contributed by atoms with E-state index < -0.39 is 0 Å². The predicted molar refractivity (Wildman–Crippen MR) is 143 cm³/mol. The SMILES string of the molecule is C=C(O)C1CN(C(=O)[C@@H](C)Cc2ccc(-c3ncc(-c4ccc(C5CCCCC5)cc4)cn3)cc2)C1. The number of carbonyl (C=O) groups is 1. The van der Waals surface area contributed by atoms with Crippen molar-refractivity contribution in [3.63, 3.8) is 0 Å². The highest BCUT2D eigenvalue weighted by atomic mass is 16.3. The molecule has 1 amide bonds. The number of amides is 1. The van der Waals surface area contributed by atoms with Gasteiger partial charge >= 0.3 is 0 Å². The van der Waals surface area contributed by atoms with Crippen LogP contribution in [-0.2, 0) is 11.2 Å². The number of carbonyl (C=O) groups excluding carboxylic acids is 1. The maximum absolute atomic E-state index is 12.6. The summed E-state index contributed by atoms with van der Waals surface area (Å²) in [5.74, 6) is 1.62. The third-order valence-corrected chi connectivity index (χ3v) is 7.81. The molecule has 5 nitrogen and oxygen atoms in total. The summed E-state index contributed by atoms with van der Waals surface area (Å²) in [7, 11) is 0. The number of rotatable bonds is 7. The Morgan fingerprint density at radius 3 is 2.17 bits per heavy atom. The number of hydrogen-bond acceptors (Lipinski definition) is 4. The molecule has 0 spiro atoms. The van der Waals surface area contributed by atoms with Crippen LogP contribution in [-0.4, -0.2) is 39.0 Å². The highest BCUT2D eigenvalue weighted by Crippen LogP contribution is 2.33. The van der Waals surface area contributed by atoms with Crippen LogP contribution >= 0.6 is 0 Å². The molecule has 1 aromatic heterocycles. The molecule has 1 saturated carbocycles. The minimum absolute atomic E-state index is 0.0211. The van der Waals surface area contributed by atoms with E-state index in [2.05, 4.69) is 52.9 Å². The molecular weight excluding hydrogens is 446 g/mol. The van der Waals surface area contributed by atoms with Crippen molar-refractivity contribution >= 4 is 5.91 Å². The van der Waals surface area contributed by atoms with Crippen LogP contribution in [0.4, 0.5) is 0 Å². The van der Waals surface area contributed by atoms with Gasteiger partial charge in [0.1, 0.15) is 0 Å². The van der Waals surface area contributed by atoms with Crippen molar-refractivity contribution in [2.45, 2.75) is 51.4 Å². The summed E-state index contributed by atoms with van der Waals surface area (Å²) >= 11 is 0. The first-order chi connectivity index (χ1) is 17.5. The van der Waals surface area contributed by atoms with Crippen molar-refractivity contribution in [3.05, 3.63) is 84.4 Å². The summed E-state index contributed by atoms with van der Waals surface area (Å²) in [6.45, 7) is 6.65. The second-order valence-electron chi connectivity index (χ2n) is 10.5. The molecule has 2 aromatic carbocycles. The number of nitrogens with zero attached hydrogens (tertiary/aromatic N) is 3. The first kappa shape index (κ1) is 24.2. The van der Waals surface area contributed by atoms with Gasteiger partial charge in [0.15, 0.2) is 5.82 Å². The fourth-order valence-corrected chi connectivity index (χ4v) is 5.42. The van der Waals surface area contributed by atoms with Crippen molar-refractivity contribution in [1.29, 1.82) is 0 Å². The quantitative estimate of drug-likeness (QED) is 0.388. The third-order valence-electron chi connectivity index (χ3n) is 7.81. The lowest BCUT2D eigenvalue weighted by atomic mass is 9.84. The summed E-state index contributed by atoms with van der Waals surface area (Å²) in [4.78, 5) is 23.7. The van der Waals surface area contributed by atoms with Crippen LogP contribution in [0.3, 0.4) is 0 Å². The summed E-state index contributed by atoms with van der Waals surface area (Å²) in [6, 6.07) is 17.1. The maximum Gasteiger partial charge on any atom is 0.225 e. The number of hydrogen-bond donors (Lipinski definition) is 1. The van der Waals surface area contributed by atoms with Crippen LogP contribution < -0.4 is 0 Å². The van der Waals surface area contributed by atoms with Crippen LogP contribution in [0.2, 0.25) is 0 Å². The molecule has 1 atom stereocenters. The lowest BCUT2D eigenvalue weighted by molar-refractivity contribution is -0.141. The van der Waals surface area contributed by atoms with E-state index in [4.69, 9.17) is 0 Å². The lowest BCUT2D eigenvalue weighted by Crippen LogP contribution is -2.52. The van der Waals surface area contributed by atoms with Crippen molar-refractivity contribution in [2.24, 2.45) is 11.8 Å². The molecule has 5 rings (SSSR count). The number of aliphatic hydroxyl groups excluding tert-OH is 1. The average Bonchev–Trinajstić information content (AvgIpc) is 2.89. The topological polar surface area (TPSA) is 66.3 Å². The molecule has 2 aliphatic rings. The molecule has 1 aliphatic carbocycles. The van der Waals surface area contributed by atoms with E-state index in [1.54, 1.807) is 4.90 Å². The summed E-state index contributed by atoms with van der Waals surface area (Å²) in [5.41, 5.74) is 5.70. The highest BCUT2D eigenvalue weighted by Gasteiger charge is 2.34. The van der Waals surface area contributed by atoms with Gasteiger partial charge in [0.2, 0.25) is 5.91 Å². The molecule has 1 saturated heterocycles. The molecule has 5 heteroatoms. The van der Waals surface area contributed by atoms with Gasteiger partial charge in [-0.05, 0) is 41.9 Å². The molecule has 2 heterocycles. The molecule has 3 aromatic rings. The average molecular weight is 482 g/mol. The van der Waals surface area contributed by atoms with Crippen molar-refractivity contribution < 1.29 is 9.90 Å². The van der Waals surface area contributed by atoms with E-state index in [-0.39, 0.29) is 23.5 Å². The van der Waals surface area contributed by atoms with Gasteiger partial charge in [-0.1, -0.05) is 81.3 Å². The van der Waals surface area contributed by atoms with Crippen LogP contribution in [0.1, 0.15) is 56.1 Å². The zero-order valence-electron chi connectivity index (χ0n) is 21.1. The van der Waals surface area contributed by atoms with Crippen LogP contribution in [0, 0.1) is 11.8 Å². The Balaban J connectivity index is 1.18. The molecular formula is C31H35N3O2. The zero-order chi connectivity index (χ0) is 25.1. The Morgan fingerprint density at radius 1 is 0.944 bits per heavy atom. The first-order valence-electron chi connectivity index (χ1n) is 13.2. The van der Waals surface area contributed by atoms with Crippen molar-refractivity contribution in [3.8, 4) is 22.5 Å². The Hall–Kier alpha value is -3.47. The van der Waals surface area contributed by atoms with Crippen molar-refractivity contribution in [2.75, 3.05) is 13.1 Å². The molecule has 0 unspecified atom stereocenters. The van der Waals surface area contributed by atoms with Crippen LogP contribution in [0.25, 0.3) is 22.5 Å². The molecule has 0 radical (unpaired) electrons. The van der Waals surface area contributed by atoms with E-state index in [1.165, 1.54) is 37.7 Å². The summed E-state index contributed by atoms with van der Waals surface area (Å²) in [6.07, 6.45) is 11.2. The molecule has 2 fully saturated rings. The Kier molecular flexibility index (Phi) is 7.17. The summed E-state index contributed by atoms with van der Waals surface area (Å²) < 4.78 is 0. The summed E-state index contributed by atoms with van der Waals surface area (Å²) in [5, 5.41) is 9.45. The Labute approximate surface area is 213 Å². The van der Waals surface area contributed by atoms with E-state index in [1.807, 2.05) is 31.5 Å². The van der Waals surface area contributed by atoms with Gasteiger partial charge in [0, 0.05) is 42.5 Å². The van der Waals surface area contributed by atoms with Gasteiger partial charge in [0.25, 0.3) is 0 Å². The third kappa shape index (κ3) is 5.35. The van der Waals surface area contributed by atoms with Crippen LogP contribution in [0.5, 0.6) is 0 Å². The van der Waals surface area contributed by atoms with Gasteiger partial charge in [-0.2, -0.15) is 0 Å². The number of benzene rings is 2. The van der Waals surface area contributed by atoms with Gasteiger partial charge in [-0.3, -0.25) is 4.79 Å². The number of aromatic nitrogens is 2. The van der Waals surface area contributed by atoms with E-state index in [0.29, 0.717) is 31.3 Å². The minimum Gasteiger partial charge on any atom is -0.513 e. The van der Waals surface area contributed by atoms with E-state index in [0.717, 1.165) is 22.3 Å². The Bertz CT molecular complexity index is 1190. The van der Waals surface area contributed by atoms with Gasteiger partial charge in [0.05, 0.1) is 11.7 Å². The van der Waals surface area contributed by atoms with E-state index in [9.17, 15) is 9.90 Å². The fraction of sp³-hybridized carbons (Fsp3) is 0.387. The minimum atomic E-state index is -0.108. The second-order valence-corrected chi connectivity index (χ2v) is 10.5. The van der Waals surface area contributed by atoms with Gasteiger partial charge in [-0.25, -0.2) is 9.97 Å². The zero-order valence-corrected chi connectivity index (χ0v) is 21.1. The Morgan fingerprint density at radius 2 is 1.56 bits per heavy atom. The predicted octanol–water partition coefficient (Wildman–Crippen LogP) is 6.57. The standard InChI is InChI=1S/C31H35N3O2/c1-21(31(36)34-19-29(20-34)22(2)35)16-23-8-10-27(11-9-23)30-32-17-28(18-33-30)26-14-12-25(13-15-26)24-6-4-3-5-7-24/h8-15,17-18,21,24,29,35H,2-7,16,19-20H2,1H3/t21-/m0/s1. The molecule has 1 N–H and O–H groups in total. The molecule has 0 bridgehead atoms.